The molecule has 2 heterocycles. The molecule has 1 aliphatic rings. The van der Waals surface area contributed by atoms with Crippen LogP contribution in [0.2, 0.25) is 0 Å². The standard InChI is InChI=1S/C21H21F2N3O3S/c1-12(2)20(26-11-24-17-9-14(22)15(23)10-18(17)26)21(27)25-16-7-8-30(28,29)19-6-4-3-5-13(16)19/h3-6,9-12,16,20H,7-8H2,1-2H3,(H,25,27). The minimum Gasteiger partial charge on any atom is -0.347 e. The Hall–Kier alpha value is -2.81. The van der Waals surface area contributed by atoms with Crippen molar-refractivity contribution in [1.29, 1.82) is 0 Å². The lowest BCUT2D eigenvalue weighted by molar-refractivity contribution is -0.126. The van der Waals surface area contributed by atoms with Crippen LogP contribution in [0.15, 0.2) is 47.6 Å². The van der Waals surface area contributed by atoms with Gasteiger partial charge in [0.1, 0.15) is 6.04 Å². The number of carbonyl (C=O) groups is 1. The van der Waals surface area contributed by atoms with Gasteiger partial charge in [-0.25, -0.2) is 22.2 Å². The van der Waals surface area contributed by atoms with Crippen LogP contribution in [0.4, 0.5) is 8.78 Å². The molecule has 0 radical (unpaired) electrons. The Bertz CT molecular complexity index is 1240. The number of fused-ring (bicyclic) bond motifs is 2. The van der Waals surface area contributed by atoms with Crippen LogP contribution in [0.25, 0.3) is 11.0 Å². The Labute approximate surface area is 172 Å². The lowest BCUT2D eigenvalue weighted by Crippen LogP contribution is -2.39. The third-order valence-electron chi connectivity index (χ3n) is 5.44. The number of benzene rings is 2. The summed E-state index contributed by atoms with van der Waals surface area (Å²) in [5, 5.41) is 2.95. The predicted molar refractivity (Wildman–Crippen MR) is 108 cm³/mol. The van der Waals surface area contributed by atoms with Crippen molar-refractivity contribution in [2.45, 2.75) is 37.2 Å². The number of hydrogen-bond acceptors (Lipinski definition) is 4. The summed E-state index contributed by atoms with van der Waals surface area (Å²) in [5.41, 5.74) is 1.12. The van der Waals surface area contributed by atoms with Crippen molar-refractivity contribution in [2.75, 3.05) is 5.75 Å². The summed E-state index contributed by atoms with van der Waals surface area (Å²) < 4.78 is 53.6. The first-order valence-corrected chi connectivity index (χ1v) is 11.3. The Balaban J connectivity index is 1.69. The highest BCUT2D eigenvalue weighted by Crippen LogP contribution is 2.33. The molecule has 2 unspecified atom stereocenters. The smallest absolute Gasteiger partial charge is 0.243 e. The van der Waals surface area contributed by atoms with Crippen molar-refractivity contribution in [3.63, 3.8) is 0 Å². The first-order chi connectivity index (χ1) is 14.2. The molecule has 0 bridgehead atoms. The van der Waals surface area contributed by atoms with Gasteiger partial charge in [-0.1, -0.05) is 32.0 Å². The van der Waals surface area contributed by atoms with E-state index in [9.17, 15) is 22.0 Å². The minimum absolute atomic E-state index is 0.0558. The van der Waals surface area contributed by atoms with Crippen LogP contribution in [0.5, 0.6) is 0 Å². The van der Waals surface area contributed by atoms with Crippen LogP contribution < -0.4 is 5.32 Å². The van der Waals surface area contributed by atoms with Gasteiger partial charge in [-0.2, -0.15) is 0 Å². The Morgan fingerprint density at radius 1 is 1.20 bits per heavy atom. The summed E-state index contributed by atoms with van der Waals surface area (Å²) in [5.74, 6) is -2.59. The quantitative estimate of drug-likeness (QED) is 0.682. The summed E-state index contributed by atoms with van der Waals surface area (Å²) in [6.45, 7) is 3.68. The van der Waals surface area contributed by atoms with Crippen LogP contribution in [0.1, 0.15) is 37.9 Å². The number of amides is 1. The van der Waals surface area contributed by atoms with E-state index < -0.39 is 33.6 Å². The zero-order valence-electron chi connectivity index (χ0n) is 16.5. The fraction of sp³-hybridized carbons (Fsp3) is 0.333. The fourth-order valence-corrected chi connectivity index (χ4v) is 5.61. The third-order valence-corrected chi connectivity index (χ3v) is 7.25. The zero-order chi connectivity index (χ0) is 21.6. The maximum Gasteiger partial charge on any atom is 0.243 e. The Morgan fingerprint density at radius 3 is 2.63 bits per heavy atom. The molecule has 1 amide bonds. The number of sulfone groups is 1. The molecular weight excluding hydrogens is 412 g/mol. The summed E-state index contributed by atoms with van der Waals surface area (Å²) in [6, 6.07) is 7.48. The van der Waals surface area contributed by atoms with Crippen molar-refractivity contribution < 1.29 is 22.0 Å². The van der Waals surface area contributed by atoms with Gasteiger partial charge in [-0.05, 0) is 24.0 Å². The molecule has 2 aromatic carbocycles. The minimum atomic E-state index is -3.37. The molecule has 2 atom stereocenters. The van der Waals surface area contributed by atoms with E-state index in [4.69, 9.17) is 0 Å². The van der Waals surface area contributed by atoms with Gasteiger partial charge < -0.3 is 9.88 Å². The van der Waals surface area contributed by atoms with E-state index in [2.05, 4.69) is 10.3 Å². The molecule has 30 heavy (non-hydrogen) atoms. The lowest BCUT2D eigenvalue weighted by atomic mass is 9.99. The number of hydrogen-bond donors (Lipinski definition) is 1. The van der Waals surface area contributed by atoms with Gasteiger partial charge in [0.2, 0.25) is 5.91 Å². The van der Waals surface area contributed by atoms with Gasteiger partial charge in [0.15, 0.2) is 21.5 Å². The van der Waals surface area contributed by atoms with Crippen LogP contribution in [0, 0.1) is 17.6 Å². The highest BCUT2D eigenvalue weighted by molar-refractivity contribution is 7.91. The molecule has 0 aliphatic carbocycles. The second kappa shape index (κ2) is 7.46. The highest BCUT2D eigenvalue weighted by Gasteiger charge is 2.33. The second-order valence-electron chi connectivity index (χ2n) is 7.80. The van der Waals surface area contributed by atoms with E-state index in [1.807, 2.05) is 13.8 Å². The molecule has 158 valence electrons. The summed E-state index contributed by atoms with van der Waals surface area (Å²) >= 11 is 0. The fourth-order valence-electron chi connectivity index (χ4n) is 3.99. The van der Waals surface area contributed by atoms with Crippen molar-refractivity contribution >= 4 is 26.8 Å². The molecule has 3 aromatic rings. The van der Waals surface area contributed by atoms with Crippen molar-refractivity contribution in [1.82, 2.24) is 14.9 Å². The second-order valence-corrected chi connectivity index (χ2v) is 9.88. The number of nitrogens with one attached hydrogen (secondary N) is 1. The van der Waals surface area contributed by atoms with Crippen LogP contribution in [0.3, 0.4) is 0 Å². The van der Waals surface area contributed by atoms with E-state index in [-0.39, 0.29) is 34.4 Å². The molecule has 0 spiro atoms. The third kappa shape index (κ3) is 3.47. The summed E-state index contributed by atoms with van der Waals surface area (Å²) in [6.07, 6.45) is 1.66. The van der Waals surface area contributed by atoms with Crippen molar-refractivity contribution in [3.05, 3.63) is 59.9 Å². The molecule has 0 saturated heterocycles. The van der Waals surface area contributed by atoms with Crippen molar-refractivity contribution in [2.24, 2.45) is 5.92 Å². The first-order valence-electron chi connectivity index (χ1n) is 9.62. The van der Waals surface area contributed by atoms with E-state index in [1.165, 1.54) is 10.9 Å². The van der Waals surface area contributed by atoms with Gasteiger partial charge in [0.05, 0.1) is 34.1 Å². The molecule has 0 saturated carbocycles. The SMILES string of the molecule is CC(C)C(C(=O)NC1CCS(=O)(=O)c2ccccc21)n1cnc2cc(F)c(F)cc21. The average molecular weight is 433 g/mol. The molecule has 1 N–H and O–H groups in total. The molecule has 6 nitrogen and oxygen atoms in total. The number of rotatable bonds is 4. The normalized spacial score (nSPS) is 18.9. The predicted octanol–water partition coefficient (Wildman–Crippen LogP) is 3.55. The van der Waals surface area contributed by atoms with E-state index in [0.29, 0.717) is 11.1 Å². The number of carbonyl (C=O) groups excluding carboxylic acids is 1. The number of imidazole rings is 1. The summed E-state index contributed by atoms with van der Waals surface area (Å²) in [4.78, 5) is 17.6. The van der Waals surface area contributed by atoms with Crippen LogP contribution in [-0.2, 0) is 14.6 Å². The molecule has 0 fully saturated rings. The monoisotopic (exact) mass is 433 g/mol. The molecule has 9 heteroatoms. The Morgan fingerprint density at radius 2 is 1.90 bits per heavy atom. The van der Waals surface area contributed by atoms with Gasteiger partial charge in [0.25, 0.3) is 0 Å². The molecule has 4 rings (SSSR count). The van der Waals surface area contributed by atoms with E-state index in [0.717, 1.165) is 12.1 Å². The van der Waals surface area contributed by atoms with Crippen LogP contribution >= 0.6 is 0 Å². The van der Waals surface area contributed by atoms with Crippen molar-refractivity contribution in [3.8, 4) is 0 Å². The first kappa shape index (κ1) is 20.5. The number of aromatic nitrogens is 2. The number of nitrogens with zero attached hydrogens (tertiary/aromatic N) is 2. The van der Waals surface area contributed by atoms with E-state index >= 15 is 0 Å². The maximum absolute atomic E-state index is 13.8. The van der Waals surface area contributed by atoms with Crippen LogP contribution in [-0.4, -0.2) is 29.6 Å². The largest absolute Gasteiger partial charge is 0.347 e. The van der Waals surface area contributed by atoms with Gasteiger partial charge >= 0.3 is 0 Å². The highest BCUT2D eigenvalue weighted by atomic mass is 32.2. The molecule has 1 aromatic heterocycles. The maximum atomic E-state index is 13.8. The lowest BCUT2D eigenvalue weighted by Gasteiger charge is -2.29. The molecular formula is C21H21F2N3O3S. The molecule has 1 aliphatic heterocycles. The van der Waals surface area contributed by atoms with E-state index in [1.54, 1.807) is 24.3 Å². The summed E-state index contributed by atoms with van der Waals surface area (Å²) in [7, 11) is -3.37. The van der Waals surface area contributed by atoms with Gasteiger partial charge in [-0.3, -0.25) is 4.79 Å². The average Bonchev–Trinajstić information content (AvgIpc) is 3.07. The zero-order valence-corrected chi connectivity index (χ0v) is 17.3. The topological polar surface area (TPSA) is 81.1 Å². The number of halogens is 2. The Kier molecular flexibility index (Phi) is 5.09. The van der Waals surface area contributed by atoms with Gasteiger partial charge in [0, 0.05) is 12.1 Å². The van der Waals surface area contributed by atoms with Gasteiger partial charge in [-0.15, -0.1) is 0 Å².